The second-order valence-electron chi connectivity index (χ2n) is 7.01. The maximum Gasteiger partial charge on any atom is 0.244 e. The molecule has 0 spiro atoms. The SMILES string of the molecule is Cc1ccc(NC(=O)Cn2cc(S(=O)(=O)c3ccc(F)cc3)c3ccccc32)cc1. The van der Waals surface area contributed by atoms with Crippen LogP contribution in [0.4, 0.5) is 10.1 Å². The first-order valence-corrected chi connectivity index (χ1v) is 10.8. The number of nitrogens with zero attached hydrogens (tertiary/aromatic N) is 1. The van der Waals surface area contributed by atoms with E-state index in [9.17, 15) is 17.6 Å². The number of carbonyl (C=O) groups is 1. The maximum absolute atomic E-state index is 13.2. The summed E-state index contributed by atoms with van der Waals surface area (Å²) in [5, 5.41) is 3.32. The van der Waals surface area contributed by atoms with Crippen LogP contribution < -0.4 is 5.32 Å². The molecule has 7 heteroatoms. The molecular weight excluding hydrogens is 403 g/mol. The Labute approximate surface area is 173 Å². The van der Waals surface area contributed by atoms with Crippen LogP contribution in [0.25, 0.3) is 10.9 Å². The van der Waals surface area contributed by atoms with Crippen molar-refractivity contribution in [3.05, 3.63) is 90.4 Å². The number of halogens is 1. The minimum atomic E-state index is -3.88. The van der Waals surface area contributed by atoms with E-state index < -0.39 is 15.7 Å². The largest absolute Gasteiger partial charge is 0.337 e. The third-order valence-corrected chi connectivity index (χ3v) is 6.61. The van der Waals surface area contributed by atoms with E-state index in [1.54, 1.807) is 28.8 Å². The number of aromatic nitrogens is 1. The Kier molecular flexibility index (Phi) is 5.13. The van der Waals surface area contributed by atoms with Crippen molar-refractivity contribution in [2.75, 3.05) is 5.32 Å². The van der Waals surface area contributed by atoms with Crippen molar-refractivity contribution < 1.29 is 17.6 Å². The van der Waals surface area contributed by atoms with Gasteiger partial charge in [-0.2, -0.15) is 0 Å². The molecule has 0 aliphatic carbocycles. The van der Waals surface area contributed by atoms with Gasteiger partial charge in [-0.3, -0.25) is 4.79 Å². The van der Waals surface area contributed by atoms with Crippen LogP contribution in [0.1, 0.15) is 5.56 Å². The smallest absolute Gasteiger partial charge is 0.244 e. The molecule has 1 aromatic heterocycles. The predicted molar refractivity (Wildman–Crippen MR) is 114 cm³/mol. The molecule has 1 N–H and O–H groups in total. The van der Waals surface area contributed by atoms with Crippen LogP contribution in [0.2, 0.25) is 0 Å². The van der Waals surface area contributed by atoms with Gasteiger partial charge in [-0.05, 0) is 49.4 Å². The zero-order valence-electron chi connectivity index (χ0n) is 16.2. The van der Waals surface area contributed by atoms with E-state index in [1.165, 1.54) is 18.3 Å². The number of rotatable bonds is 5. The lowest BCUT2D eigenvalue weighted by Crippen LogP contribution is -2.18. The fraction of sp³-hybridized carbons (Fsp3) is 0.0870. The molecule has 4 rings (SSSR count). The molecule has 0 aliphatic heterocycles. The molecular formula is C23H19FN2O3S. The number of aryl methyl sites for hydroxylation is 1. The van der Waals surface area contributed by atoms with Crippen molar-refractivity contribution in [3.63, 3.8) is 0 Å². The number of anilines is 1. The molecule has 152 valence electrons. The van der Waals surface area contributed by atoms with E-state index in [-0.39, 0.29) is 22.2 Å². The van der Waals surface area contributed by atoms with Crippen molar-refractivity contribution >= 4 is 32.3 Å². The van der Waals surface area contributed by atoms with Gasteiger partial charge in [-0.1, -0.05) is 35.9 Å². The number of benzene rings is 3. The molecule has 0 unspecified atom stereocenters. The van der Waals surface area contributed by atoms with Gasteiger partial charge in [0.05, 0.1) is 9.79 Å². The van der Waals surface area contributed by atoms with Crippen LogP contribution in [0.5, 0.6) is 0 Å². The Hall–Kier alpha value is -3.45. The molecule has 30 heavy (non-hydrogen) atoms. The normalized spacial score (nSPS) is 11.5. The summed E-state index contributed by atoms with van der Waals surface area (Å²) in [4.78, 5) is 12.6. The number of amides is 1. The van der Waals surface area contributed by atoms with Crippen molar-refractivity contribution in [2.24, 2.45) is 0 Å². The standard InChI is InChI=1S/C23H19FN2O3S/c1-16-6-10-18(11-7-16)25-23(27)15-26-14-22(20-4-2-3-5-21(20)26)30(28,29)19-12-8-17(24)9-13-19/h2-14H,15H2,1H3,(H,25,27). The van der Waals surface area contributed by atoms with Crippen molar-refractivity contribution in [1.29, 1.82) is 0 Å². The quantitative estimate of drug-likeness (QED) is 0.480. The summed E-state index contributed by atoms with van der Waals surface area (Å²) in [5.41, 5.74) is 2.37. The molecule has 5 nitrogen and oxygen atoms in total. The summed E-state index contributed by atoms with van der Waals surface area (Å²) >= 11 is 0. The summed E-state index contributed by atoms with van der Waals surface area (Å²) in [7, 11) is -3.88. The molecule has 0 fully saturated rings. The first kappa shape index (κ1) is 19.8. The summed E-state index contributed by atoms with van der Waals surface area (Å²) in [6.07, 6.45) is 1.46. The highest BCUT2D eigenvalue weighted by Gasteiger charge is 2.24. The molecule has 0 aliphatic rings. The Bertz CT molecular complexity index is 1330. The van der Waals surface area contributed by atoms with Crippen LogP contribution in [0.3, 0.4) is 0 Å². The van der Waals surface area contributed by atoms with Gasteiger partial charge in [0.15, 0.2) is 0 Å². The lowest BCUT2D eigenvalue weighted by Gasteiger charge is -2.07. The molecule has 0 saturated heterocycles. The van der Waals surface area contributed by atoms with Gasteiger partial charge in [-0.15, -0.1) is 0 Å². The van der Waals surface area contributed by atoms with Crippen LogP contribution in [0, 0.1) is 12.7 Å². The lowest BCUT2D eigenvalue weighted by molar-refractivity contribution is -0.116. The van der Waals surface area contributed by atoms with E-state index >= 15 is 0 Å². The maximum atomic E-state index is 13.2. The fourth-order valence-electron chi connectivity index (χ4n) is 3.29. The molecule has 4 aromatic rings. The molecule has 0 bridgehead atoms. The number of carbonyl (C=O) groups excluding carboxylic acids is 1. The minimum absolute atomic E-state index is 0.00379. The van der Waals surface area contributed by atoms with E-state index in [2.05, 4.69) is 5.32 Å². The predicted octanol–water partition coefficient (Wildman–Crippen LogP) is 4.56. The Balaban J connectivity index is 1.69. The van der Waals surface area contributed by atoms with Gasteiger partial charge >= 0.3 is 0 Å². The Morgan fingerprint density at radius 3 is 2.33 bits per heavy atom. The second kappa shape index (κ2) is 7.76. The summed E-state index contributed by atoms with van der Waals surface area (Å²) in [5.74, 6) is -0.783. The summed E-state index contributed by atoms with van der Waals surface area (Å²) < 4.78 is 41.1. The molecule has 1 amide bonds. The fourth-order valence-corrected chi connectivity index (χ4v) is 4.77. The van der Waals surface area contributed by atoms with Crippen LogP contribution >= 0.6 is 0 Å². The van der Waals surface area contributed by atoms with Gasteiger partial charge in [0, 0.05) is 22.8 Å². The van der Waals surface area contributed by atoms with E-state index in [0.29, 0.717) is 16.6 Å². The molecule has 1 heterocycles. The van der Waals surface area contributed by atoms with Crippen LogP contribution in [-0.4, -0.2) is 18.9 Å². The van der Waals surface area contributed by atoms with Crippen molar-refractivity contribution in [2.45, 2.75) is 23.3 Å². The number of fused-ring (bicyclic) bond motifs is 1. The Morgan fingerprint density at radius 2 is 1.63 bits per heavy atom. The summed E-state index contributed by atoms with van der Waals surface area (Å²) in [6.45, 7) is 1.91. The molecule has 0 saturated carbocycles. The van der Waals surface area contributed by atoms with E-state index in [0.717, 1.165) is 17.7 Å². The van der Waals surface area contributed by atoms with Gasteiger partial charge < -0.3 is 9.88 Å². The highest BCUT2D eigenvalue weighted by atomic mass is 32.2. The van der Waals surface area contributed by atoms with Crippen molar-refractivity contribution in [3.8, 4) is 0 Å². The van der Waals surface area contributed by atoms with E-state index in [1.807, 2.05) is 31.2 Å². The topological polar surface area (TPSA) is 68.2 Å². The van der Waals surface area contributed by atoms with Gasteiger partial charge in [-0.25, -0.2) is 12.8 Å². The average molecular weight is 422 g/mol. The second-order valence-corrected chi connectivity index (χ2v) is 8.93. The molecule has 3 aromatic carbocycles. The minimum Gasteiger partial charge on any atom is -0.337 e. The number of sulfone groups is 1. The highest BCUT2D eigenvalue weighted by Crippen LogP contribution is 2.30. The molecule has 0 atom stereocenters. The van der Waals surface area contributed by atoms with E-state index in [4.69, 9.17) is 0 Å². The first-order valence-electron chi connectivity index (χ1n) is 9.30. The lowest BCUT2D eigenvalue weighted by atomic mass is 10.2. The van der Waals surface area contributed by atoms with Gasteiger partial charge in [0.25, 0.3) is 0 Å². The number of hydrogen-bond acceptors (Lipinski definition) is 3. The van der Waals surface area contributed by atoms with Crippen LogP contribution in [0.15, 0.2) is 88.8 Å². The number of nitrogens with one attached hydrogen (secondary N) is 1. The monoisotopic (exact) mass is 422 g/mol. The van der Waals surface area contributed by atoms with Gasteiger partial charge in [0.1, 0.15) is 12.4 Å². The third kappa shape index (κ3) is 3.84. The van der Waals surface area contributed by atoms with Gasteiger partial charge in [0.2, 0.25) is 15.7 Å². The average Bonchev–Trinajstić information content (AvgIpc) is 3.09. The Morgan fingerprint density at radius 1 is 0.967 bits per heavy atom. The number of para-hydroxylation sites is 1. The molecule has 0 radical (unpaired) electrons. The zero-order chi connectivity index (χ0) is 21.3. The highest BCUT2D eigenvalue weighted by molar-refractivity contribution is 7.91. The summed E-state index contributed by atoms with van der Waals surface area (Å²) in [6, 6.07) is 19.1. The third-order valence-electron chi connectivity index (χ3n) is 4.81. The number of hydrogen-bond donors (Lipinski definition) is 1. The van der Waals surface area contributed by atoms with Crippen LogP contribution in [-0.2, 0) is 21.2 Å². The first-order chi connectivity index (χ1) is 14.3. The zero-order valence-corrected chi connectivity index (χ0v) is 17.0. The van der Waals surface area contributed by atoms with Crippen molar-refractivity contribution in [1.82, 2.24) is 4.57 Å².